The number of fused-ring (bicyclic) bond motifs is 1. The molecule has 0 N–H and O–H groups in total. The predicted molar refractivity (Wildman–Crippen MR) is 57.2 cm³/mol. The zero-order valence-electron chi connectivity index (χ0n) is 8.69. The zero-order valence-corrected chi connectivity index (χ0v) is 8.69. The Morgan fingerprint density at radius 2 is 2.47 bits per heavy atom. The Morgan fingerprint density at radius 1 is 1.60 bits per heavy atom. The van der Waals surface area contributed by atoms with Crippen molar-refractivity contribution < 1.29 is 9.53 Å². The molecule has 0 spiro atoms. The van der Waals surface area contributed by atoms with Gasteiger partial charge in [-0.15, -0.1) is 0 Å². The largest absolute Gasteiger partial charge is 0.463 e. The van der Waals surface area contributed by atoms with Crippen LogP contribution in [-0.4, -0.2) is 17.6 Å². The van der Waals surface area contributed by atoms with Gasteiger partial charge in [0, 0.05) is 12.3 Å². The number of esters is 1. The first kappa shape index (κ1) is 9.90. The second kappa shape index (κ2) is 4.26. The Kier molecular flexibility index (Phi) is 2.81. The molecule has 0 bridgehead atoms. The molecule has 1 aromatic rings. The molecule has 1 heterocycles. The first-order valence-electron chi connectivity index (χ1n) is 5.13. The summed E-state index contributed by atoms with van der Waals surface area (Å²) in [7, 11) is 0. The van der Waals surface area contributed by atoms with Crippen molar-refractivity contribution in [3.8, 4) is 0 Å². The molecular formula is C12H13NO2. The summed E-state index contributed by atoms with van der Waals surface area (Å²) in [6, 6.07) is 3.97. The topological polar surface area (TPSA) is 39.2 Å². The van der Waals surface area contributed by atoms with Crippen molar-refractivity contribution in [1.82, 2.24) is 4.98 Å². The van der Waals surface area contributed by atoms with Crippen molar-refractivity contribution in [2.24, 2.45) is 0 Å². The Bertz CT molecular complexity index is 410. The van der Waals surface area contributed by atoms with E-state index in [9.17, 15) is 4.79 Å². The molecule has 0 saturated heterocycles. The molecule has 1 aliphatic carbocycles. The lowest BCUT2D eigenvalue weighted by molar-refractivity contribution is -0.137. The number of hydrogen-bond acceptors (Lipinski definition) is 3. The number of aryl methyl sites for hydroxylation is 1. The lowest BCUT2D eigenvalue weighted by Gasteiger charge is -1.99. The van der Waals surface area contributed by atoms with Gasteiger partial charge in [0.25, 0.3) is 0 Å². The number of hydrogen-bond donors (Lipinski definition) is 0. The van der Waals surface area contributed by atoms with Crippen LogP contribution in [0.25, 0.3) is 5.57 Å². The lowest BCUT2D eigenvalue weighted by Crippen LogP contribution is -2.00. The van der Waals surface area contributed by atoms with Crippen molar-refractivity contribution in [3.63, 3.8) is 0 Å². The predicted octanol–water partition coefficient (Wildman–Crippen LogP) is 1.97. The van der Waals surface area contributed by atoms with Gasteiger partial charge in [0.2, 0.25) is 0 Å². The van der Waals surface area contributed by atoms with Gasteiger partial charge in [-0.3, -0.25) is 4.98 Å². The van der Waals surface area contributed by atoms with Crippen molar-refractivity contribution in [3.05, 3.63) is 35.7 Å². The number of carbonyl (C=O) groups excluding carboxylic acids is 1. The minimum atomic E-state index is -0.272. The van der Waals surface area contributed by atoms with E-state index in [0.29, 0.717) is 6.61 Å². The van der Waals surface area contributed by atoms with Gasteiger partial charge in [-0.05, 0) is 37.0 Å². The summed E-state index contributed by atoms with van der Waals surface area (Å²) in [5.74, 6) is -0.272. The molecule has 0 aliphatic heterocycles. The van der Waals surface area contributed by atoms with E-state index in [4.69, 9.17) is 4.74 Å². The van der Waals surface area contributed by atoms with Crippen LogP contribution in [-0.2, 0) is 16.0 Å². The number of nitrogens with zero attached hydrogens (tertiary/aromatic N) is 1. The molecule has 1 aromatic heterocycles. The Balaban J connectivity index is 2.23. The standard InChI is InChI=1S/C12H13NO2/c1-2-15-11(14)8-10-6-5-9-4-3-7-13-12(9)10/h3-4,7-8H,2,5-6H2,1H3/b10-8+. The molecular weight excluding hydrogens is 190 g/mol. The third-order valence-electron chi connectivity index (χ3n) is 2.44. The Hall–Kier alpha value is -1.64. The average Bonchev–Trinajstić information content (AvgIpc) is 2.62. The number of carbonyl (C=O) groups is 1. The number of allylic oxidation sites excluding steroid dienone is 1. The molecule has 3 nitrogen and oxygen atoms in total. The highest BCUT2D eigenvalue weighted by Gasteiger charge is 2.17. The van der Waals surface area contributed by atoms with Crippen molar-refractivity contribution in [2.75, 3.05) is 6.61 Å². The van der Waals surface area contributed by atoms with Crippen molar-refractivity contribution in [1.29, 1.82) is 0 Å². The summed E-state index contributed by atoms with van der Waals surface area (Å²) in [4.78, 5) is 15.6. The van der Waals surface area contributed by atoms with Gasteiger partial charge in [0.1, 0.15) is 0 Å². The van der Waals surface area contributed by atoms with E-state index in [1.807, 2.05) is 12.1 Å². The molecule has 0 radical (unpaired) electrons. The Labute approximate surface area is 88.8 Å². The number of rotatable bonds is 2. The van der Waals surface area contributed by atoms with E-state index >= 15 is 0 Å². The van der Waals surface area contributed by atoms with Crippen LogP contribution in [0.15, 0.2) is 24.4 Å². The minimum Gasteiger partial charge on any atom is -0.463 e. The molecule has 0 aromatic carbocycles. The summed E-state index contributed by atoms with van der Waals surface area (Å²) >= 11 is 0. The summed E-state index contributed by atoms with van der Waals surface area (Å²) in [6.45, 7) is 2.22. The van der Waals surface area contributed by atoms with Gasteiger partial charge in [-0.25, -0.2) is 4.79 Å². The van der Waals surface area contributed by atoms with Crippen LogP contribution < -0.4 is 0 Å². The van der Waals surface area contributed by atoms with E-state index in [1.54, 1.807) is 19.2 Å². The fourth-order valence-electron chi connectivity index (χ4n) is 1.78. The van der Waals surface area contributed by atoms with Gasteiger partial charge in [-0.2, -0.15) is 0 Å². The number of aromatic nitrogens is 1. The van der Waals surface area contributed by atoms with Crippen LogP contribution in [0.2, 0.25) is 0 Å². The monoisotopic (exact) mass is 203 g/mol. The molecule has 3 heteroatoms. The van der Waals surface area contributed by atoms with Crippen LogP contribution >= 0.6 is 0 Å². The van der Waals surface area contributed by atoms with E-state index in [-0.39, 0.29) is 5.97 Å². The smallest absolute Gasteiger partial charge is 0.331 e. The maximum atomic E-state index is 11.3. The molecule has 78 valence electrons. The maximum Gasteiger partial charge on any atom is 0.331 e. The summed E-state index contributed by atoms with van der Waals surface area (Å²) in [5.41, 5.74) is 3.16. The minimum absolute atomic E-state index is 0.272. The number of ether oxygens (including phenoxy) is 1. The van der Waals surface area contributed by atoms with Gasteiger partial charge in [0.05, 0.1) is 12.3 Å². The highest BCUT2D eigenvalue weighted by molar-refractivity contribution is 5.92. The molecule has 15 heavy (non-hydrogen) atoms. The normalized spacial score (nSPS) is 16.5. The SMILES string of the molecule is CCOC(=O)/C=C1\CCc2cccnc21. The summed E-state index contributed by atoms with van der Waals surface area (Å²) < 4.78 is 4.88. The zero-order chi connectivity index (χ0) is 10.7. The van der Waals surface area contributed by atoms with Gasteiger partial charge < -0.3 is 4.74 Å². The van der Waals surface area contributed by atoms with E-state index < -0.39 is 0 Å². The van der Waals surface area contributed by atoms with Gasteiger partial charge >= 0.3 is 5.97 Å². The Morgan fingerprint density at radius 3 is 3.27 bits per heavy atom. The van der Waals surface area contributed by atoms with Crippen LogP contribution in [0, 0.1) is 0 Å². The fraction of sp³-hybridized carbons (Fsp3) is 0.333. The second-order valence-corrected chi connectivity index (χ2v) is 3.43. The van der Waals surface area contributed by atoms with Crippen LogP contribution in [0.4, 0.5) is 0 Å². The molecule has 0 amide bonds. The molecule has 0 unspecified atom stereocenters. The molecule has 1 aliphatic rings. The summed E-state index contributed by atoms with van der Waals surface area (Å²) in [5, 5.41) is 0. The van der Waals surface area contributed by atoms with Gasteiger partial charge in [-0.1, -0.05) is 6.07 Å². The van der Waals surface area contributed by atoms with Crippen LogP contribution in [0.5, 0.6) is 0 Å². The molecule has 2 rings (SSSR count). The molecule has 0 atom stereocenters. The van der Waals surface area contributed by atoms with E-state index in [0.717, 1.165) is 24.1 Å². The highest BCUT2D eigenvalue weighted by Crippen LogP contribution is 2.29. The molecule has 0 saturated carbocycles. The third-order valence-corrected chi connectivity index (χ3v) is 2.44. The maximum absolute atomic E-state index is 11.3. The van der Waals surface area contributed by atoms with Crippen LogP contribution in [0.1, 0.15) is 24.6 Å². The lowest BCUT2D eigenvalue weighted by atomic mass is 10.2. The summed E-state index contributed by atoms with van der Waals surface area (Å²) in [6.07, 6.45) is 5.16. The fourth-order valence-corrected chi connectivity index (χ4v) is 1.78. The third kappa shape index (κ3) is 2.06. The van der Waals surface area contributed by atoms with Gasteiger partial charge in [0.15, 0.2) is 0 Å². The van der Waals surface area contributed by atoms with E-state index in [2.05, 4.69) is 4.98 Å². The molecule has 0 fully saturated rings. The quantitative estimate of drug-likeness (QED) is 0.545. The second-order valence-electron chi connectivity index (χ2n) is 3.43. The van der Waals surface area contributed by atoms with E-state index in [1.165, 1.54) is 5.56 Å². The number of pyridine rings is 1. The highest BCUT2D eigenvalue weighted by atomic mass is 16.5. The first-order valence-corrected chi connectivity index (χ1v) is 5.13. The van der Waals surface area contributed by atoms with Crippen molar-refractivity contribution in [2.45, 2.75) is 19.8 Å². The average molecular weight is 203 g/mol. The van der Waals surface area contributed by atoms with Crippen LogP contribution in [0.3, 0.4) is 0 Å². The van der Waals surface area contributed by atoms with Crippen molar-refractivity contribution >= 4 is 11.5 Å². The first-order chi connectivity index (χ1) is 7.31.